The number of ether oxygens (including phenoxy) is 2. The van der Waals surface area contributed by atoms with E-state index in [1.807, 2.05) is 79.7 Å². The van der Waals surface area contributed by atoms with E-state index in [9.17, 15) is 9.59 Å². The highest BCUT2D eigenvalue weighted by molar-refractivity contribution is 5.68. The van der Waals surface area contributed by atoms with Crippen molar-refractivity contribution in [1.29, 1.82) is 0 Å². The maximum atomic E-state index is 12.5. The van der Waals surface area contributed by atoms with Crippen LogP contribution in [-0.4, -0.2) is 66.2 Å². The van der Waals surface area contributed by atoms with Gasteiger partial charge in [-0.15, -0.1) is 0 Å². The minimum absolute atomic E-state index is 0.316. The Balaban J connectivity index is 1.60. The number of nitrogens with one attached hydrogen (secondary N) is 2. The molecule has 3 rings (SSSR count). The van der Waals surface area contributed by atoms with E-state index in [-0.39, 0.29) is 12.2 Å². The summed E-state index contributed by atoms with van der Waals surface area (Å²) in [4.78, 5) is 43.5. The lowest BCUT2D eigenvalue weighted by Gasteiger charge is -2.26. The number of imidazole rings is 2. The van der Waals surface area contributed by atoms with Crippen LogP contribution in [-0.2, 0) is 22.6 Å². The summed E-state index contributed by atoms with van der Waals surface area (Å²) >= 11 is 0. The molecule has 1 aromatic carbocycles. The Bertz CT molecular complexity index is 1400. The van der Waals surface area contributed by atoms with Gasteiger partial charge in [0.05, 0.1) is 25.5 Å². The maximum Gasteiger partial charge on any atom is 0.410 e. The zero-order valence-corrected chi connectivity index (χ0v) is 27.1. The summed E-state index contributed by atoms with van der Waals surface area (Å²) < 4.78 is 11.0. The van der Waals surface area contributed by atoms with Gasteiger partial charge in [0.25, 0.3) is 0 Å². The van der Waals surface area contributed by atoms with Crippen LogP contribution < -0.4 is 0 Å². The van der Waals surface area contributed by atoms with E-state index in [0.29, 0.717) is 49.2 Å². The molecule has 0 spiro atoms. The van der Waals surface area contributed by atoms with Gasteiger partial charge in [-0.1, -0.05) is 25.7 Å². The molecule has 3 aromatic rings. The van der Waals surface area contributed by atoms with Crippen LogP contribution in [0.2, 0.25) is 0 Å². The summed E-state index contributed by atoms with van der Waals surface area (Å²) in [6.45, 7) is 16.9. The van der Waals surface area contributed by atoms with E-state index in [0.717, 1.165) is 24.0 Å². The van der Waals surface area contributed by atoms with E-state index in [4.69, 9.17) is 9.47 Å². The molecule has 0 aliphatic carbocycles. The Hall–Kier alpha value is -4.70. The fourth-order valence-corrected chi connectivity index (χ4v) is 3.95. The number of H-pyrrole nitrogens is 2. The number of aromatic amines is 2. The third kappa shape index (κ3) is 11.5. The number of carbonyl (C=O) groups excluding carboxylic acids is 2. The van der Waals surface area contributed by atoms with E-state index in [2.05, 4.69) is 43.6 Å². The normalized spacial score (nSPS) is 11.1. The van der Waals surface area contributed by atoms with Crippen LogP contribution in [0.5, 0.6) is 0 Å². The van der Waals surface area contributed by atoms with Crippen LogP contribution in [0.15, 0.2) is 36.7 Å². The summed E-state index contributed by atoms with van der Waals surface area (Å²) in [5.74, 6) is 13.7. The summed E-state index contributed by atoms with van der Waals surface area (Å²) in [5.41, 5.74) is 1.85. The average molecular weight is 601 g/mol. The van der Waals surface area contributed by atoms with Crippen LogP contribution in [0.4, 0.5) is 9.59 Å². The SMILES string of the molecule is CCCN(Cc1ncc(C#Cc2ccc(C#Cc3cnc(CN(CCC)C(=O)OC(C)(C)C)[nH]3)cc2)[nH]1)C(=O)OC(C)(C)C. The number of hydrogen-bond acceptors (Lipinski definition) is 6. The predicted octanol–water partition coefficient (Wildman–Crippen LogP) is 6.23. The van der Waals surface area contributed by atoms with Crippen molar-refractivity contribution in [2.75, 3.05) is 13.1 Å². The molecule has 0 aliphatic heterocycles. The Labute approximate surface area is 261 Å². The molecule has 2 heterocycles. The van der Waals surface area contributed by atoms with E-state index in [1.165, 1.54) is 0 Å². The standard InChI is InChI=1S/C34H44N6O4/c1-9-19-39(31(41)43-33(3,4)5)23-29-35-21-27(37-29)17-15-25-11-13-26(14-12-25)16-18-28-22-36-30(38-28)24-40(20-10-2)32(42)44-34(6,7)8/h11-14,21-22H,9-10,19-20,23-24H2,1-8H3,(H,35,37)(H,36,38). The second kappa shape index (κ2) is 15.2. The van der Waals surface area contributed by atoms with Gasteiger partial charge in [-0.25, -0.2) is 19.6 Å². The lowest BCUT2D eigenvalue weighted by atomic mass is 10.1. The number of carbonyl (C=O) groups is 2. The number of nitrogens with zero attached hydrogens (tertiary/aromatic N) is 4. The van der Waals surface area contributed by atoms with Crippen molar-refractivity contribution in [2.45, 2.75) is 92.5 Å². The van der Waals surface area contributed by atoms with Gasteiger partial charge in [-0.3, -0.25) is 0 Å². The van der Waals surface area contributed by atoms with Crippen molar-refractivity contribution in [1.82, 2.24) is 29.7 Å². The van der Waals surface area contributed by atoms with E-state index >= 15 is 0 Å². The molecule has 44 heavy (non-hydrogen) atoms. The number of hydrogen-bond donors (Lipinski definition) is 2. The van der Waals surface area contributed by atoms with E-state index < -0.39 is 11.2 Å². The van der Waals surface area contributed by atoms with Crippen molar-refractivity contribution >= 4 is 12.2 Å². The molecule has 0 radical (unpaired) electrons. The summed E-state index contributed by atoms with van der Waals surface area (Å²) in [6, 6.07) is 7.62. The molecule has 0 unspecified atom stereocenters. The molecular formula is C34H44N6O4. The first kappa shape index (κ1) is 33.8. The Kier molecular flexibility index (Phi) is 11.6. The zero-order valence-electron chi connectivity index (χ0n) is 27.1. The first-order valence-electron chi connectivity index (χ1n) is 14.9. The van der Waals surface area contributed by atoms with E-state index in [1.54, 1.807) is 22.2 Å². The largest absolute Gasteiger partial charge is 0.444 e. The minimum atomic E-state index is -0.562. The molecule has 0 saturated carbocycles. The molecule has 0 atom stereocenters. The topological polar surface area (TPSA) is 116 Å². The van der Waals surface area contributed by atoms with Gasteiger partial charge in [0, 0.05) is 24.2 Å². The first-order chi connectivity index (χ1) is 20.7. The van der Waals surface area contributed by atoms with Gasteiger partial charge in [-0.2, -0.15) is 0 Å². The van der Waals surface area contributed by atoms with Gasteiger partial charge in [0.15, 0.2) is 0 Å². The molecular weight excluding hydrogens is 556 g/mol. The van der Waals surface area contributed by atoms with Gasteiger partial charge in [0.2, 0.25) is 0 Å². The van der Waals surface area contributed by atoms with Crippen LogP contribution in [0.1, 0.15) is 102 Å². The van der Waals surface area contributed by atoms with Crippen molar-refractivity contribution in [3.05, 3.63) is 70.8 Å². The van der Waals surface area contributed by atoms with Crippen LogP contribution in [0, 0.1) is 23.7 Å². The highest BCUT2D eigenvalue weighted by atomic mass is 16.6. The highest BCUT2D eigenvalue weighted by Crippen LogP contribution is 2.14. The van der Waals surface area contributed by atoms with Crippen molar-refractivity contribution < 1.29 is 19.1 Å². The lowest BCUT2D eigenvalue weighted by molar-refractivity contribution is 0.0219. The Morgan fingerprint density at radius 2 is 1.05 bits per heavy atom. The van der Waals surface area contributed by atoms with Gasteiger partial charge < -0.3 is 29.2 Å². The van der Waals surface area contributed by atoms with Crippen LogP contribution >= 0.6 is 0 Å². The molecule has 2 amide bonds. The van der Waals surface area contributed by atoms with Gasteiger partial charge in [0.1, 0.15) is 34.2 Å². The molecule has 10 heteroatoms. The van der Waals surface area contributed by atoms with Crippen molar-refractivity contribution in [3.8, 4) is 23.7 Å². The second-order valence-electron chi connectivity index (χ2n) is 12.4. The van der Waals surface area contributed by atoms with Crippen LogP contribution in [0.3, 0.4) is 0 Å². The first-order valence-corrected chi connectivity index (χ1v) is 14.9. The summed E-state index contributed by atoms with van der Waals surface area (Å²) in [5, 5.41) is 0. The number of rotatable bonds is 8. The fourth-order valence-electron chi connectivity index (χ4n) is 3.95. The number of benzene rings is 1. The predicted molar refractivity (Wildman–Crippen MR) is 169 cm³/mol. The molecule has 0 bridgehead atoms. The lowest BCUT2D eigenvalue weighted by Crippen LogP contribution is -2.37. The summed E-state index contributed by atoms with van der Waals surface area (Å²) in [7, 11) is 0. The minimum Gasteiger partial charge on any atom is -0.444 e. The van der Waals surface area contributed by atoms with Crippen molar-refractivity contribution in [3.63, 3.8) is 0 Å². The maximum absolute atomic E-state index is 12.5. The van der Waals surface area contributed by atoms with Gasteiger partial charge in [-0.05, 0) is 90.5 Å². The molecule has 0 fully saturated rings. The third-order valence-electron chi connectivity index (χ3n) is 5.80. The number of aromatic nitrogens is 4. The van der Waals surface area contributed by atoms with Crippen LogP contribution in [0.25, 0.3) is 0 Å². The molecule has 2 N–H and O–H groups in total. The Morgan fingerprint density at radius 3 is 1.36 bits per heavy atom. The smallest absolute Gasteiger partial charge is 0.410 e. The average Bonchev–Trinajstić information content (AvgIpc) is 3.58. The molecule has 0 aliphatic rings. The summed E-state index contributed by atoms with van der Waals surface area (Å²) in [6.07, 6.45) is 4.21. The quantitative estimate of drug-likeness (QED) is 0.296. The second-order valence-corrected chi connectivity index (χ2v) is 12.4. The monoisotopic (exact) mass is 600 g/mol. The molecule has 234 valence electrons. The zero-order chi connectivity index (χ0) is 32.3. The molecule has 0 saturated heterocycles. The third-order valence-corrected chi connectivity index (χ3v) is 5.80. The molecule has 10 nitrogen and oxygen atoms in total. The van der Waals surface area contributed by atoms with Gasteiger partial charge >= 0.3 is 12.2 Å². The Morgan fingerprint density at radius 1 is 0.682 bits per heavy atom. The molecule has 2 aromatic heterocycles. The highest BCUT2D eigenvalue weighted by Gasteiger charge is 2.23. The fraction of sp³-hybridized carbons (Fsp3) is 0.471. The van der Waals surface area contributed by atoms with Crippen molar-refractivity contribution in [2.24, 2.45) is 0 Å². The number of amides is 2.